The fourth-order valence-electron chi connectivity index (χ4n) is 2.01. The first-order valence-electron chi connectivity index (χ1n) is 6.35. The van der Waals surface area contributed by atoms with Crippen LogP contribution in [0.3, 0.4) is 0 Å². The van der Waals surface area contributed by atoms with Gasteiger partial charge in [0.15, 0.2) is 0 Å². The van der Waals surface area contributed by atoms with E-state index in [0.29, 0.717) is 36.6 Å². The quantitative estimate of drug-likeness (QED) is 0.891. The predicted molar refractivity (Wildman–Crippen MR) is 73.5 cm³/mol. The molecule has 4 nitrogen and oxygen atoms in total. The van der Waals surface area contributed by atoms with E-state index in [1.165, 1.54) is 0 Å². The molecular formula is C14H18ClNO3. The summed E-state index contributed by atoms with van der Waals surface area (Å²) in [6.07, 6.45) is 1.09. The van der Waals surface area contributed by atoms with Gasteiger partial charge >= 0.3 is 0 Å². The zero-order valence-corrected chi connectivity index (χ0v) is 11.7. The number of hydrogen-bond acceptors (Lipinski definition) is 3. The van der Waals surface area contributed by atoms with Crippen molar-refractivity contribution in [1.82, 2.24) is 5.32 Å². The van der Waals surface area contributed by atoms with Crippen LogP contribution in [0.15, 0.2) is 18.2 Å². The zero-order chi connectivity index (χ0) is 13.9. The lowest BCUT2D eigenvalue weighted by Crippen LogP contribution is -2.46. The van der Waals surface area contributed by atoms with Gasteiger partial charge in [-0.05, 0) is 24.6 Å². The van der Waals surface area contributed by atoms with E-state index in [1.807, 2.05) is 6.92 Å². The van der Waals surface area contributed by atoms with E-state index in [-0.39, 0.29) is 12.5 Å². The fourth-order valence-corrected chi connectivity index (χ4v) is 2.19. The Labute approximate surface area is 117 Å². The van der Waals surface area contributed by atoms with Crippen LogP contribution in [0.4, 0.5) is 0 Å². The minimum Gasteiger partial charge on any atom is -0.388 e. The van der Waals surface area contributed by atoms with Crippen LogP contribution in [0.1, 0.15) is 28.8 Å². The molecule has 0 spiro atoms. The second-order valence-corrected chi connectivity index (χ2v) is 5.39. The molecule has 1 amide bonds. The minimum absolute atomic E-state index is 0.221. The van der Waals surface area contributed by atoms with Gasteiger partial charge in [-0.25, -0.2) is 0 Å². The van der Waals surface area contributed by atoms with Gasteiger partial charge in [0.2, 0.25) is 0 Å². The van der Waals surface area contributed by atoms with E-state index in [9.17, 15) is 9.90 Å². The van der Waals surface area contributed by atoms with Gasteiger partial charge in [-0.3, -0.25) is 4.79 Å². The first-order chi connectivity index (χ1) is 9.00. The van der Waals surface area contributed by atoms with Crippen LogP contribution in [-0.2, 0) is 4.74 Å². The largest absolute Gasteiger partial charge is 0.388 e. The maximum atomic E-state index is 12.0. The number of carbonyl (C=O) groups excluding carboxylic acids is 1. The second kappa shape index (κ2) is 5.90. The molecule has 0 bridgehead atoms. The van der Waals surface area contributed by atoms with Gasteiger partial charge < -0.3 is 15.2 Å². The van der Waals surface area contributed by atoms with Crippen LogP contribution in [0.5, 0.6) is 0 Å². The molecule has 1 aromatic carbocycles. The van der Waals surface area contributed by atoms with Crippen LogP contribution >= 0.6 is 11.6 Å². The first kappa shape index (κ1) is 14.3. The summed E-state index contributed by atoms with van der Waals surface area (Å²) in [6, 6.07) is 5.17. The molecule has 2 rings (SSSR count). The highest BCUT2D eigenvalue weighted by Gasteiger charge is 2.30. The third-order valence-corrected chi connectivity index (χ3v) is 3.84. The van der Waals surface area contributed by atoms with Crippen molar-refractivity contribution in [3.8, 4) is 0 Å². The Bertz CT molecular complexity index is 470. The molecule has 0 radical (unpaired) electrons. The summed E-state index contributed by atoms with van der Waals surface area (Å²) in [7, 11) is 0. The van der Waals surface area contributed by atoms with E-state index in [4.69, 9.17) is 16.3 Å². The molecule has 1 heterocycles. The standard InChI is InChI=1S/C14H18ClNO3/c1-10-2-3-11(8-12(10)15)13(17)16-9-14(18)4-6-19-7-5-14/h2-3,8,18H,4-7,9H2,1H3,(H,16,17). The smallest absolute Gasteiger partial charge is 0.251 e. The Balaban J connectivity index is 1.95. The Morgan fingerprint density at radius 2 is 2.16 bits per heavy atom. The number of amides is 1. The molecule has 5 heteroatoms. The summed E-state index contributed by atoms with van der Waals surface area (Å²) < 4.78 is 5.20. The van der Waals surface area contributed by atoms with Crippen LogP contribution < -0.4 is 5.32 Å². The van der Waals surface area contributed by atoms with Gasteiger partial charge in [-0.2, -0.15) is 0 Å². The number of aryl methyl sites for hydroxylation is 1. The van der Waals surface area contributed by atoms with Crippen LogP contribution in [0, 0.1) is 6.92 Å². The molecular weight excluding hydrogens is 266 g/mol. The highest BCUT2D eigenvalue weighted by Crippen LogP contribution is 2.20. The Hall–Kier alpha value is -1.10. The SMILES string of the molecule is Cc1ccc(C(=O)NCC2(O)CCOCC2)cc1Cl. The van der Waals surface area contributed by atoms with Crippen LogP contribution in [0.25, 0.3) is 0 Å². The van der Waals surface area contributed by atoms with Gasteiger partial charge in [0.05, 0.1) is 5.60 Å². The molecule has 0 unspecified atom stereocenters. The highest BCUT2D eigenvalue weighted by atomic mass is 35.5. The van der Waals surface area contributed by atoms with Gasteiger partial charge in [0.1, 0.15) is 0 Å². The molecule has 1 aliphatic rings. The van der Waals surface area contributed by atoms with Crippen LogP contribution in [0.2, 0.25) is 5.02 Å². The number of rotatable bonds is 3. The van der Waals surface area contributed by atoms with Crippen molar-refractivity contribution in [2.75, 3.05) is 19.8 Å². The highest BCUT2D eigenvalue weighted by molar-refractivity contribution is 6.31. The predicted octanol–water partition coefficient (Wildman–Crippen LogP) is 1.92. The van der Waals surface area contributed by atoms with Gasteiger partial charge in [0, 0.05) is 43.2 Å². The Kier molecular flexibility index (Phi) is 4.45. The van der Waals surface area contributed by atoms with Crippen molar-refractivity contribution in [3.05, 3.63) is 34.3 Å². The number of hydrogen-bond donors (Lipinski definition) is 2. The Morgan fingerprint density at radius 3 is 2.79 bits per heavy atom. The van der Waals surface area contributed by atoms with E-state index in [2.05, 4.69) is 5.32 Å². The molecule has 19 heavy (non-hydrogen) atoms. The number of carbonyl (C=O) groups is 1. The molecule has 1 fully saturated rings. The lowest BCUT2D eigenvalue weighted by Gasteiger charge is -2.32. The number of ether oxygens (including phenoxy) is 1. The molecule has 0 aromatic heterocycles. The van der Waals surface area contributed by atoms with Gasteiger partial charge in [0.25, 0.3) is 5.91 Å². The number of halogens is 1. The number of aliphatic hydroxyl groups is 1. The zero-order valence-electron chi connectivity index (χ0n) is 10.9. The van der Waals surface area contributed by atoms with Crippen molar-refractivity contribution in [1.29, 1.82) is 0 Å². The topological polar surface area (TPSA) is 58.6 Å². The molecule has 0 aliphatic carbocycles. The van der Waals surface area contributed by atoms with Gasteiger partial charge in [-0.1, -0.05) is 17.7 Å². The molecule has 0 atom stereocenters. The minimum atomic E-state index is -0.859. The summed E-state index contributed by atoms with van der Waals surface area (Å²) in [5.41, 5.74) is 0.579. The summed E-state index contributed by atoms with van der Waals surface area (Å²) in [4.78, 5) is 12.0. The molecule has 2 N–H and O–H groups in total. The van der Waals surface area contributed by atoms with E-state index in [0.717, 1.165) is 5.56 Å². The van der Waals surface area contributed by atoms with Crippen LogP contribution in [-0.4, -0.2) is 36.4 Å². The number of benzene rings is 1. The third kappa shape index (κ3) is 3.69. The normalized spacial score (nSPS) is 18.1. The Morgan fingerprint density at radius 1 is 1.47 bits per heavy atom. The summed E-state index contributed by atoms with van der Waals surface area (Å²) >= 11 is 5.99. The van der Waals surface area contributed by atoms with Crippen molar-refractivity contribution in [3.63, 3.8) is 0 Å². The molecule has 0 saturated carbocycles. The molecule has 104 valence electrons. The molecule has 1 saturated heterocycles. The summed E-state index contributed by atoms with van der Waals surface area (Å²) in [5, 5.41) is 13.6. The van der Waals surface area contributed by atoms with E-state index >= 15 is 0 Å². The van der Waals surface area contributed by atoms with Crippen molar-refractivity contribution in [2.24, 2.45) is 0 Å². The average Bonchev–Trinajstić information content (AvgIpc) is 2.40. The maximum absolute atomic E-state index is 12.0. The average molecular weight is 284 g/mol. The number of nitrogens with one attached hydrogen (secondary N) is 1. The lowest BCUT2D eigenvalue weighted by atomic mass is 9.94. The third-order valence-electron chi connectivity index (χ3n) is 3.44. The van der Waals surface area contributed by atoms with Crippen molar-refractivity contribution in [2.45, 2.75) is 25.4 Å². The van der Waals surface area contributed by atoms with Crippen molar-refractivity contribution < 1.29 is 14.6 Å². The van der Waals surface area contributed by atoms with E-state index < -0.39 is 5.60 Å². The molecule has 1 aromatic rings. The molecule has 1 aliphatic heterocycles. The second-order valence-electron chi connectivity index (χ2n) is 4.98. The maximum Gasteiger partial charge on any atom is 0.251 e. The monoisotopic (exact) mass is 283 g/mol. The lowest BCUT2D eigenvalue weighted by molar-refractivity contribution is -0.0605. The fraction of sp³-hybridized carbons (Fsp3) is 0.500. The van der Waals surface area contributed by atoms with Crippen molar-refractivity contribution >= 4 is 17.5 Å². The summed E-state index contributed by atoms with van der Waals surface area (Å²) in [6.45, 7) is 3.18. The summed E-state index contributed by atoms with van der Waals surface area (Å²) in [5.74, 6) is -0.221. The van der Waals surface area contributed by atoms with E-state index in [1.54, 1.807) is 18.2 Å². The van der Waals surface area contributed by atoms with Gasteiger partial charge in [-0.15, -0.1) is 0 Å². The first-order valence-corrected chi connectivity index (χ1v) is 6.72.